The van der Waals surface area contributed by atoms with E-state index >= 15 is 0 Å². The number of anilines is 1. The van der Waals surface area contributed by atoms with Gasteiger partial charge in [0.25, 0.3) is 11.5 Å². The first kappa shape index (κ1) is 14.5. The zero-order valence-electron chi connectivity index (χ0n) is 12.5. The van der Waals surface area contributed by atoms with Gasteiger partial charge >= 0.3 is 0 Å². The third kappa shape index (κ3) is 2.21. The summed E-state index contributed by atoms with van der Waals surface area (Å²) in [6, 6.07) is 9.21. The molecule has 5 nitrogen and oxygen atoms in total. The van der Waals surface area contributed by atoms with Crippen LogP contribution in [-0.2, 0) is 0 Å². The van der Waals surface area contributed by atoms with E-state index in [1.165, 1.54) is 26.8 Å². The molecule has 0 aliphatic heterocycles. The molecule has 22 heavy (non-hydrogen) atoms. The van der Waals surface area contributed by atoms with Gasteiger partial charge in [0.05, 0.1) is 0 Å². The molecule has 1 aromatic carbocycles. The largest absolute Gasteiger partial charge is 0.311 e. The number of hydrogen-bond acceptors (Lipinski definition) is 4. The van der Waals surface area contributed by atoms with Crippen molar-refractivity contribution in [2.75, 3.05) is 11.9 Å². The second-order valence-corrected chi connectivity index (χ2v) is 6.22. The van der Waals surface area contributed by atoms with E-state index in [4.69, 9.17) is 0 Å². The van der Waals surface area contributed by atoms with Crippen molar-refractivity contribution in [2.45, 2.75) is 13.8 Å². The van der Waals surface area contributed by atoms with Gasteiger partial charge in [0.2, 0.25) is 0 Å². The Labute approximate surface area is 131 Å². The average Bonchev–Trinajstić information content (AvgIpc) is 2.83. The summed E-state index contributed by atoms with van der Waals surface area (Å²) in [5.74, 6) is -0.360. The van der Waals surface area contributed by atoms with Gasteiger partial charge in [-0.3, -0.25) is 14.0 Å². The predicted molar refractivity (Wildman–Crippen MR) is 88.0 cm³/mol. The molecule has 0 aliphatic carbocycles. The van der Waals surface area contributed by atoms with Gasteiger partial charge in [0, 0.05) is 29.5 Å². The van der Waals surface area contributed by atoms with E-state index in [9.17, 15) is 9.59 Å². The summed E-state index contributed by atoms with van der Waals surface area (Å²) in [5.41, 5.74) is 1.31. The smallest absolute Gasteiger partial charge is 0.271 e. The number of aryl methyl sites for hydroxylation is 2. The minimum atomic E-state index is -0.360. The summed E-state index contributed by atoms with van der Waals surface area (Å²) in [4.78, 5) is 32.6. The fraction of sp³-hybridized carbons (Fsp3) is 0.188. The highest BCUT2D eigenvalue weighted by Crippen LogP contribution is 2.19. The first-order chi connectivity index (χ1) is 10.5. The Hall–Kier alpha value is -2.47. The van der Waals surface area contributed by atoms with Crippen LogP contribution in [0.15, 0.2) is 41.3 Å². The molecule has 2 heterocycles. The molecule has 0 unspecified atom stereocenters. The summed E-state index contributed by atoms with van der Waals surface area (Å²) in [5, 5.41) is 0. The summed E-state index contributed by atoms with van der Waals surface area (Å²) in [6.07, 6.45) is 1.37. The number of para-hydroxylation sites is 1. The number of hydrogen-bond donors (Lipinski definition) is 0. The minimum absolute atomic E-state index is 0.0738. The van der Waals surface area contributed by atoms with Crippen molar-refractivity contribution in [2.24, 2.45) is 0 Å². The van der Waals surface area contributed by atoms with Gasteiger partial charge in [-0.15, -0.1) is 11.3 Å². The van der Waals surface area contributed by atoms with Gasteiger partial charge in [-0.2, -0.15) is 0 Å². The number of fused-ring (bicyclic) bond motifs is 1. The number of amides is 1. The zero-order chi connectivity index (χ0) is 15.9. The zero-order valence-corrected chi connectivity index (χ0v) is 13.3. The van der Waals surface area contributed by atoms with Crippen LogP contribution in [0.3, 0.4) is 0 Å². The van der Waals surface area contributed by atoms with Crippen LogP contribution in [0, 0.1) is 13.8 Å². The van der Waals surface area contributed by atoms with Crippen molar-refractivity contribution in [3.63, 3.8) is 0 Å². The quantitative estimate of drug-likeness (QED) is 0.731. The monoisotopic (exact) mass is 313 g/mol. The van der Waals surface area contributed by atoms with Crippen LogP contribution in [0.1, 0.15) is 20.9 Å². The van der Waals surface area contributed by atoms with Gasteiger partial charge in [0.15, 0.2) is 4.96 Å². The second kappa shape index (κ2) is 5.38. The van der Waals surface area contributed by atoms with E-state index in [2.05, 4.69) is 4.98 Å². The Morgan fingerprint density at radius 1 is 1.23 bits per heavy atom. The molecule has 6 heteroatoms. The number of benzene rings is 1. The van der Waals surface area contributed by atoms with E-state index in [0.29, 0.717) is 4.96 Å². The van der Waals surface area contributed by atoms with Gasteiger partial charge in [0.1, 0.15) is 5.56 Å². The lowest BCUT2D eigenvalue weighted by Crippen LogP contribution is -2.33. The third-order valence-corrected chi connectivity index (χ3v) is 4.77. The maximum Gasteiger partial charge on any atom is 0.271 e. The molecule has 112 valence electrons. The number of carbonyl (C=O) groups is 1. The summed E-state index contributed by atoms with van der Waals surface area (Å²) in [6.45, 7) is 3.79. The van der Waals surface area contributed by atoms with E-state index in [1.807, 2.05) is 44.2 Å². The van der Waals surface area contributed by atoms with Crippen LogP contribution >= 0.6 is 11.3 Å². The predicted octanol–water partition coefficient (Wildman–Crippen LogP) is 2.65. The van der Waals surface area contributed by atoms with Gasteiger partial charge < -0.3 is 4.90 Å². The Morgan fingerprint density at radius 3 is 2.59 bits per heavy atom. The van der Waals surface area contributed by atoms with Crippen LogP contribution in [0.2, 0.25) is 0 Å². The number of nitrogens with zero attached hydrogens (tertiary/aromatic N) is 3. The van der Waals surface area contributed by atoms with E-state index in [1.54, 1.807) is 7.05 Å². The maximum absolute atomic E-state index is 12.6. The van der Waals surface area contributed by atoms with Crippen LogP contribution < -0.4 is 10.5 Å². The lowest BCUT2D eigenvalue weighted by molar-refractivity contribution is 0.0991. The summed E-state index contributed by atoms with van der Waals surface area (Å²) >= 11 is 1.45. The number of carbonyl (C=O) groups excluding carboxylic acids is 1. The molecule has 0 saturated heterocycles. The van der Waals surface area contributed by atoms with Crippen molar-refractivity contribution in [1.82, 2.24) is 9.38 Å². The molecule has 0 spiro atoms. The fourth-order valence-electron chi connectivity index (χ4n) is 2.27. The lowest BCUT2D eigenvalue weighted by Gasteiger charge is -2.16. The number of thiazole rings is 1. The van der Waals surface area contributed by atoms with E-state index in [0.717, 1.165) is 16.3 Å². The first-order valence-electron chi connectivity index (χ1n) is 6.81. The molecule has 0 atom stereocenters. The van der Waals surface area contributed by atoms with Crippen LogP contribution in [0.5, 0.6) is 0 Å². The number of rotatable bonds is 2. The van der Waals surface area contributed by atoms with Crippen molar-refractivity contribution in [1.29, 1.82) is 0 Å². The molecule has 2 aromatic heterocycles. The van der Waals surface area contributed by atoms with Gasteiger partial charge in [-0.05, 0) is 26.0 Å². The SMILES string of the molecule is Cc1sc2ncc(C(=O)N(C)c3ccccc3)c(=O)n2c1C. The molecule has 0 radical (unpaired) electrons. The topological polar surface area (TPSA) is 54.7 Å². The van der Waals surface area contributed by atoms with Crippen molar-refractivity contribution >= 4 is 27.9 Å². The molecule has 0 saturated carbocycles. The van der Waals surface area contributed by atoms with E-state index < -0.39 is 0 Å². The van der Waals surface area contributed by atoms with E-state index in [-0.39, 0.29) is 17.0 Å². The van der Waals surface area contributed by atoms with Crippen LogP contribution in [0.25, 0.3) is 4.96 Å². The van der Waals surface area contributed by atoms with Gasteiger partial charge in [-0.1, -0.05) is 18.2 Å². The molecule has 0 fully saturated rings. The molecule has 0 N–H and O–H groups in total. The normalized spacial score (nSPS) is 10.9. The maximum atomic E-state index is 12.6. The lowest BCUT2D eigenvalue weighted by atomic mass is 10.2. The fourth-order valence-corrected chi connectivity index (χ4v) is 3.20. The first-order valence-corrected chi connectivity index (χ1v) is 7.63. The van der Waals surface area contributed by atoms with Gasteiger partial charge in [-0.25, -0.2) is 4.98 Å². The molecule has 1 amide bonds. The van der Waals surface area contributed by atoms with Crippen molar-refractivity contribution in [3.05, 3.63) is 63.0 Å². The molecular formula is C16H15N3O2S. The average molecular weight is 313 g/mol. The standard InChI is InChI=1S/C16H15N3O2S/c1-10-11(2)22-16-17-9-13(15(21)19(10)16)14(20)18(3)12-7-5-4-6-8-12/h4-9H,1-3H3. The molecule has 3 aromatic rings. The molecular weight excluding hydrogens is 298 g/mol. The van der Waals surface area contributed by atoms with Crippen molar-refractivity contribution < 1.29 is 4.79 Å². The summed E-state index contributed by atoms with van der Waals surface area (Å²) < 4.78 is 1.51. The van der Waals surface area contributed by atoms with Crippen molar-refractivity contribution in [3.8, 4) is 0 Å². The molecule has 3 rings (SSSR count). The highest BCUT2D eigenvalue weighted by atomic mass is 32.1. The Morgan fingerprint density at radius 2 is 1.91 bits per heavy atom. The third-order valence-electron chi connectivity index (χ3n) is 3.70. The number of aromatic nitrogens is 2. The van der Waals surface area contributed by atoms with Crippen LogP contribution in [-0.4, -0.2) is 22.3 Å². The minimum Gasteiger partial charge on any atom is -0.311 e. The molecule has 0 aliphatic rings. The second-order valence-electron chi connectivity index (χ2n) is 5.04. The summed E-state index contributed by atoms with van der Waals surface area (Å²) in [7, 11) is 1.65. The Kier molecular flexibility index (Phi) is 3.54. The Balaban J connectivity index is 2.10. The Bertz CT molecular complexity index is 912. The molecule has 0 bridgehead atoms. The van der Waals surface area contributed by atoms with Crippen LogP contribution in [0.4, 0.5) is 5.69 Å². The highest BCUT2D eigenvalue weighted by Gasteiger charge is 2.20. The highest BCUT2D eigenvalue weighted by molar-refractivity contribution is 7.17.